The lowest BCUT2D eigenvalue weighted by atomic mass is 10.1. The number of halogens is 1. The predicted molar refractivity (Wildman–Crippen MR) is 141 cm³/mol. The van der Waals surface area contributed by atoms with Gasteiger partial charge in [0, 0.05) is 5.56 Å². The second kappa shape index (κ2) is 11.7. The number of nitrogens with zero attached hydrogens (tertiary/aromatic N) is 3. The third kappa shape index (κ3) is 5.78. The molecule has 0 spiro atoms. The van der Waals surface area contributed by atoms with Crippen LogP contribution >= 0.6 is 23.4 Å². The molecule has 3 aromatic rings. The number of imide groups is 1. The number of carbonyl (C=O) groups is 2. The van der Waals surface area contributed by atoms with Crippen molar-refractivity contribution in [2.45, 2.75) is 20.1 Å². The van der Waals surface area contributed by atoms with Crippen LogP contribution < -0.4 is 9.47 Å². The number of hydrogen-bond acceptors (Lipinski definition) is 7. The average Bonchev–Trinajstić information content (AvgIpc) is 3.16. The second-order valence-corrected chi connectivity index (χ2v) is 9.26. The zero-order valence-corrected chi connectivity index (χ0v) is 21.3. The van der Waals surface area contributed by atoms with Crippen LogP contribution in [0.15, 0.2) is 65.6 Å². The van der Waals surface area contributed by atoms with E-state index in [1.54, 1.807) is 60.7 Å². The fourth-order valence-electron chi connectivity index (χ4n) is 3.70. The van der Waals surface area contributed by atoms with Crippen LogP contribution in [0.2, 0.25) is 5.02 Å². The van der Waals surface area contributed by atoms with Gasteiger partial charge in [-0.15, -0.1) is 0 Å². The number of nitriles is 2. The zero-order valence-electron chi connectivity index (χ0n) is 19.7. The predicted octanol–water partition coefficient (Wildman–Crippen LogP) is 6.30. The lowest BCUT2D eigenvalue weighted by Gasteiger charge is -2.15. The van der Waals surface area contributed by atoms with Crippen molar-refractivity contribution >= 4 is 40.6 Å². The molecule has 0 aromatic heterocycles. The summed E-state index contributed by atoms with van der Waals surface area (Å²) in [7, 11) is 0. The van der Waals surface area contributed by atoms with Crippen molar-refractivity contribution in [3.8, 4) is 23.6 Å². The number of amides is 2. The van der Waals surface area contributed by atoms with Crippen molar-refractivity contribution in [2.75, 3.05) is 6.61 Å². The van der Waals surface area contributed by atoms with Gasteiger partial charge >= 0.3 is 0 Å². The van der Waals surface area contributed by atoms with Crippen LogP contribution in [0.5, 0.6) is 11.5 Å². The Balaban J connectivity index is 1.58. The molecule has 0 aliphatic carbocycles. The number of benzene rings is 3. The summed E-state index contributed by atoms with van der Waals surface area (Å²) in [5.41, 5.74) is 2.77. The van der Waals surface area contributed by atoms with Gasteiger partial charge in [0.1, 0.15) is 6.61 Å². The maximum absolute atomic E-state index is 13.0. The van der Waals surface area contributed by atoms with E-state index in [9.17, 15) is 20.1 Å². The first-order valence-electron chi connectivity index (χ1n) is 11.3. The molecule has 4 rings (SSSR count). The molecule has 3 aromatic carbocycles. The molecule has 1 heterocycles. The average molecular weight is 530 g/mol. The Morgan fingerprint density at radius 3 is 2.30 bits per heavy atom. The third-order valence-electron chi connectivity index (χ3n) is 5.48. The minimum absolute atomic E-state index is 0.00758. The summed E-state index contributed by atoms with van der Waals surface area (Å²) in [4.78, 5) is 27.0. The topological polar surface area (TPSA) is 103 Å². The summed E-state index contributed by atoms with van der Waals surface area (Å²) >= 11 is 7.35. The molecule has 0 unspecified atom stereocenters. The van der Waals surface area contributed by atoms with Crippen molar-refractivity contribution in [3.63, 3.8) is 0 Å². The van der Waals surface area contributed by atoms with Gasteiger partial charge in [-0.1, -0.05) is 48.0 Å². The molecule has 1 saturated heterocycles. The molecule has 0 bridgehead atoms. The van der Waals surface area contributed by atoms with Gasteiger partial charge in [0.15, 0.2) is 11.5 Å². The minimum Gasteiger partial charge on any atom is -0.490 e. The zero-order chi connectivity index (χ0) is 26.4. The molecular formula is C28H20ClN3O4S. The van der Waals surface area contributed by atoms with Gasteiger partial charge in [0.05, 0.1) is 46.3 Å². The van der Waals surface area contributed by atoms with Crippen LogP contribution in [0.25, 0.3) is 6.08 Å². The van der Waals surface area contributed by atoms with Crippen LogP contribution in [0, 0.1) is 22.7 Å². The van der Waals surface area contributed by atoms with Gasteiger partial charge < -0.3 is 9.47 Å². The number of rotatable bonds is 8. The molecule has 0 atom stereocenters. The van der Waals surface area contributed by atoms with E-state index < -0.39 is 11.1 Å². The third-order valence-corrected chi connectivity index (χ3v) is 6.67. The van der Waals surface area contributed by atoms with E-state index in [1.165, 1.54) is 0 Å². The van der Waals surface area contributed by atoms with E-state index in [2.05, 4.69) is 12.1 Å². The molecule has 184 valence electrons. The molecule has 2 amide bonds. The van der Waals surface area contributed by atoms with E-state index in [-0.39, 0.29) is 23.1 Å². The number of carbonyl (C=O) groups excluding carboxylic acids is 2. The molecule has 1 aliphatic heterocycles. The smallest absolute Gasteiger partial charge is 0.293 e. The van der Waals surface area contributed by atoms with Crippen molar-refractivity contribution in [1.82, 2.24) is 4.90 Å². The largest absolute Gasteiger partial charge is 0.490 e. The highest BCUT2D eigenvalue weighted by Crippen LogP contribution is 2.40. The van der Waals surface area contributed by atoms with Crippen LogP contribution in [0.3, 0.4) is 0 Å². The van der Waals surface area contributed by atoms with E-state index in [0.717, 1.165) is 16.7 Å². The monoisotopic (exact) mass is 529 g/mol. The molecule has 37 heavy (non-hydrogen) atoms. The van der Waals surface area contributed by atoms with Crippen LogP contribution in [0.4, 0.5) is 4.79 Å². The Labute approximate surface area is 223 Å². The van der Waals surface area contributed by atoms with Gasteiger partial charge in [0.25, 0.3) is 11.1 Å². The lowest BCUT2D eigenvalue weighted by Crippen LogP contribution is -2.27. The first kappa shape index (κ1) is 25.8. The summed E-state index contributed by atoms with van der Waals surface area (Å²) in [5.74, 6) is 0.234. The molecule has 1 fully saturated rings. The van der Waals surface area contributed by atoms with E-state index >= 15 is 0 Å². The Hall–Kier alpha value is -4.24. The maximum Gasteiger partial charge on any atom is 0.293 e. The van der Waals surface area contributed by atoms with Crippen molar-refractivity contribution in [2.24, 2.45) is 0 Å². The Bertz CT molecular complexity index is 1490. The van der Waals surface area contributed by atoms with Gasteiger partial charge in [-0.25, -0.2) is 0 Å². The highest BCUT2D eigenvalue weighted by molar-refractivity contribution is 8.18. The lowest BCUT2D eigenvalue weighted by molar-refractivity contribution is -0.123. The number of ether oxygens (including phenoxy) is 2. The van der Waals surface area contributed by atoms with Gasteiger partial charge in [-0.3, -0.25) is 14.5 Å². The minimum atomic E-state index is -0.453. The maximum atomic E-state index is 13.0. The normalized spacial score (nSPS) is 13.9. The Morgan fingerprint density at radius 1 is 0.973 bits per heavy atom. The molecular weight excluding hydrogens is 510 g/mol. The summed E-state index contributed by atoms with van der Waals surface area (Å²) in [6.07, 6.45) is 1.57. The summed E-state index contributed by atoms with van der Waals surface area (Å²) < 4.78 is 11.7. The van der Waals surface area contributed by atoms with E-state index in [4.69, 9.17) is 21.1 Å². The van der Waals surface area contributed by atoms with Crippen molar-refractivity contribution in [1.29, 1.82) is 10.5 Å². The molecule has 1 aliphatic rings. The summed E-state index contributed by atoms with van der Waals surface area (Å²) in [5, 5.41) is 18.5. The van der Waals surface area contributed by atoms with Crippen LogP contribution in [-0.4, -0.2) is 22.7 Å². The highest BCUT2D eigenvalue weighted by atomic mass is 35.5. The van der Waals surface area contributed by atoms with Crippen LogP contribution in [-0.2, 0) is 17.9 Å². The number of thioether (sulfide) groups is 1. The molecule has 0 radical (unpaired) electrons. The Kier molecular flexibility index (Phi) is 8.15. The fraction of sp³-hybridized carbons (Fsp3) is 0.143. The summed E-state index contributed by atoms with van der Waals surface area (Å²) in [6, 6.07) is 21.5. The first-order valence-corrected chi connectivity index (χ1v) is 12.4. The van der Waals surface area contributed by atoms with Crippen molar-refractivity contribution < 1.29 is 19.1 Å². The van der Waals surface area contributed by atoms with Crippen molar-refractivity contribution in [3.05, 3.63) is 98.4 Å². The fourth-order valence-corrected chi connectivity index (χ4v) is 4.82. The van der Waals surface area contributed by atoms with Gasteiger partial charge in [0.2, 0.25) is 0 Å². The Morgan fingerprint density at radius 2 is 1.62 bits per heavy atom. The van der Waals surface area contributed by atoms with E-state index in [0.29, 0.717) is 45.9 Å². The quantitative estimate of drug-likeness (QED) is 0.315. The highest BCUT2D eigenvalue weighted by Gasteiger charge is 2.35. The molecule has 0 N–H and O–H groups in total. The molecule has 9 heteroatoms. The SMILES string of the molecule is CCOc1cc(/C=C2/SC(=O)N(Cc3ccccc3C#N)C2=O)cc(Cl)c1OCc1ccccc1C#N. The first-order chi connectivity index (χ1) is 17.9. The van der Waals surface area contributed by atoms with Gasteiger partial charge in [-0.05, 0) is 60.2 Å². The molecule has 7 nitrogen and oxygen atoms in total. The van der Waals surface area contributed by atoms with Crippen LogP contribution in [0.1, 0.15) is 34.7 Å². The summed E-state index contributed by atoms with van der Waals surface area (Å²) in [6.45, 7) is 2.29. The van der Waals surface area contributed by atoms with Gasteiger partial charge in [-0.2, -0.15) is 10.5 Å². The standard InChI is InChI=1S/C28H20ClN3O4S/c1-2-35-24-12-18(11-23(29)26(24)36-17-22-10-6-4-8-20(22)15-31)13-25-27(33)32(28(34)37-25)16-21-9-5-3-7-19(21)14-30/h3-13H,2,16-17H2,1H3/b25-13+. The second-order valence-electron chi connectivity index (χ2n) is 7.86. The number of hydrogen-bond donors (Lipinski definition) is 0. The molecule has 0 saturated carbocycles. The van der Waals surface area contributed by atoms with E-state index in [1.807, 2.05) is 13.0 Å².